The number of phenols is 1. The minimum Gasteiger partial charge on any atom is -0.504 e. The van der Waals surface area contributed by atoms with Crippen molar-refractivity contribution in [2.24, 2.45) is 0 Å². The number of hydrogen-bond acceptors (Lipinski definition) is 3. The molecule has 0 radical (unpaired) electrons. The number of benzene rings is 1. The van der Waals surface area contributed by atoms with Gasteiger partial charge in [-0.05, 0) is 38.0 Å². The van der Waals surface area contributed by atoms with Gasteiger partial charge >= 0.3 is 0 Å². The van der Waals surface area contributed by atoms with Gasteiger partial charge in [0, 0.05) is 12.1 Å². The Morgan fingerprint density at radius 1 is 1.38 bits per heavy atom. The molecule has 0 aliphatic carbocycles. The van der Waals surface area contributed by atoms with Crippen LogP contribution in [0.25, 0.3) is 0 Å². The zero-order valence-corrected chi connectivity index (χ0v) is 10.4. The second-order valence-corrected chi connectivity index (χ2v) is 4.13. The molecule has 0 fully saturated rings. The summed E-state index contributed by atoms with van der Waals surface area (Å²) in [7, 11) is 1.56. The van der Waals surface area contributed by atoms with Crippen molar-refractivity contribution in [3.05, 3.63) is 23.8 Å². The van der Waals surface area contributed by atoms with Crippen molar-refractivity contribution in [1.29, 1.82) is 0 Å². The normalized spacial score (nSPS) is 14.5. The molecule has 0 aliphatic heterocycles. The maximum atomic E-state index is 9.50. The third kappa shape index (κ3) is 3.14. The summed E-state index contributed by atoms with van der Waals surface area (Å²) < 4.78 is 5.09. The van der Waals surface area contributed by atoms with E-state index in [9.17, 15) is 5.11 Å². The second kappa shape index (κ2) is 5.75. The SMILES string of the molecule is CCC(C)NC(C)c1ccc(O)c(OC)c1. The molecule has 2 N–H and O–H groups in total. The summed E-state index contributed by atoms with van der Waals surface area (Å²) in [6, 6.07) is 6.19. The van der Waals surface area contributed by atoms with E-state index in [1.165, 1.54) is 0 Å². The van der Waals surface area contributed by atoms with Gasteiger partial charge in [-0.15, -0.1) is 0 Å². The Morgan fingerprint density at radius 2 is 2.06 bits per heavy atom. The molecule has 16 heavy (non-hydrogen) atoms. The van der Waals surface area contributed by atoms with Crippen LogP contribution in [-0.2, 0) is 0 Å². The lowest BCUT2D eigenvalue weighted by Gasteiger charge is -2.19. The molecule has 0 bridgehead atoms. The Morgan fingerprint density at radius 3 is 2.62 bits per heavy atom. The highest BCUT2D eigenvalue weighted by molar-refractivity contribution is 5.42. The number of ether oxygens (including phenoxy) is 1. The molecule has 90 valence electrons. The van der Waals surface area contributed by atoms with Gasteiger partial charge < -0.3 is 15.2 Å². The predicted octanol–water partition coefficient (Wildman–Crippen LogP) is 2.85. The highest BCUT2D eigenvalue weighted by Gasteiger charge is 2.10. The van der Waals surface area contributed by atoms with E-state index in [0.29, 0.717) is 11.8 Å². The molecule has 1 rings (SSSR count). The molecule has 2 atom stereocenters. The van der Waals surface area contributed by atoms with Crippen LogP contribution in [0.1, 0.15) is 38.8 Å². The fourth-order valence-corrected chi connectivity index (χ4v) is 1.60. The summed E-state index contributed by atoms with van der Waals surface area (Å²) in [5.41, 5.74) is 1.12. The van der Waals surface area contributed by atoms with Gasteiger partial charge in [-0.2, -0.15) is 0 Å². The third-order valence-corrected chi connectivity index (χ3v) is 2.85. The highest BCUT2D eigenvalue weighted by atomic mass is 16.5. The Hall–Kier alpha value is -1.22. The molecule has 0 spiro atoms. The third-order valence-electron chi connectivity index (χ3n) is 2.85. The van der Waals surface area contributed by atoms with Crippen LogP contribution >= 0.6 is 0 Å². The lowest BCUT2D eigenvalue weighted by atomic mass is 10.1. The predicted molar refractivity (Wildman–Crippen MR) is 66.0 cm³/mol. The van der Waals surface area contributed by atoms with Crippen molar-refractivity contribution < 1.29 is 9.84 Å². The summed E-state index contributed by atoms with van der Waals surface area (Å²) in [5.74, 6) is 0.706. The summed E-state index contributed by atoms with van der Waals surface area (Å²) in [5, 5.41) is 13.0. The Balaban J connectivity index is 2.79. The first-order chi connectivity index (χ1) is 7.58. The molecule has 0 saturated carbocycles. The molecule has 3 nitrogen and oxygen atoms in total. The van der Waals surface area contributed by atoms with Gasteiger partial charge in [0.25, 0.3) is 0 Å². The minimum atomic E-state index is 0.182. The number of methoxy groups -OCH3 is 1. The Bertz CT molecular complexity index is 339. The average molecular weight is 223 g/mol. The van der Waals surface area contributed by atoms with Crippen molar-refractivity contribution in [2.75, 3.05) is 7.11 Å². The van der Waals surface area contributed by atoms with E-state index >= 15 is 0 Å². The van der Waals surface area contributed by atoms with Crippen LogP contribution in [0.2, 0.25) is 0 Å². The number of hydrogen-bond donors (Lipinski definition) is 2. The van der Waals surface area contributed by atoms with Crippen molar-refractivity contribution in [3.8, 4) is 11.5 Å². The number of phenolic OH excluding ortho intramolecular Hbond substituents is 1. The molecule has 1 aromatic rings. The fourth-order valence-electron chi connectivity index (χ4n) is 1.60. The van der Waals surface area contributed by atoms with E-state index in [2.05, 4.69) is 26.1 Å². The van der Waals surface area contributed by atoms with E-state index in [4.69, 9.17) is 4.74 Å². The number of aromatic hydroxyl groups is 1. The number of rotatable bonds is 5. The summed E-state index contributed by atoms with van der Waals surface area (Å²) >= 11 is 0. The van der Waals surface area contributed by atoms with Crippen molar-refractivity contribution >= 4 is 0 Å². The lowest BCUT2D eigenvalue weighted by Crippen LogP contribution is -2.28. The minimum absolute atomic E-state index is 0.182. The second-order valence-electron chi connectivity index (χ2n) is 4.13. The van der Waals surface area contributed by atoms with Crippen molar-refractivity contribution in [1.82, 2.24) is 5.32 Å². The monoisotopic (exact) mass is 223 g/mol. The van der Waals surface area contributed by atoms with Crippen molar-refractivity contribution in [2.45, 2.75) is 39.3 Å². The van der Waals surface area contributed by atoms with Gasteiger partial charge in [0.05, 0.1) is 7.11 Å². The first-order valence-electron chi connectivity index (χ1n) is 5.71. The summed E-state index contributed by atoms with van der Waals surface area (Å²) in [6.45, 7) is 6.42. The average Bonchev–Trinajstić information content (AvgIpc) is 2.29. The molecule has 0 heterocycles. The molecule has 3 heteroatoms. The zero-order valence-electron chi connectivity index (χ0n) is 10.4. The van der Waals surface area contributed by atoms with E-state index < -0.39 is 0 Å². The van der Waals surface area contributed by atoms with Gasteiger partial charge in [-0.25, -0.2) is 0 Å². The molecule has 0 saturated heterocycles. The highest BCUT2D eigenvalue weighted by Crippen LogP contribution is 2.28. The largest absolute Gasteiger partial charge is 0.504 e. The maximum absolute atomic E-state index is 9.50. The van der Waals surface area contributed by atoms with Gasteiger partial charge in [-0.1, -0.05) is 13.0 Å². The van der Waals surface area contributed by atoms with Crippen LogP contribution < -0.4 is 10.1 Å². The van der Waals surface area contributed by atoms with E-state index in [1.54, 1.807) is 13.2 Å². The first-order valence-corrected chi connectivity index (χ1v) is 5.71. The Kier molecular flexibility index (Phi) is 4.62. The van der Waals surface area contributed by atoms with Crippen LogP contribution in [0, 0.1) is 0 Å². The molecule has 2 unspecified atom stereocenters. The van der Waals surface area contributed by atoms with Gasteiger partial charge in [0.15, 0.2) is 11.5 Å². The maximum Gasteiger partial charge on any atom is 0.160 e. The molecule has 0 amide bonds. The van der Waals surface area contributed by atoms with Gasteiger partial charge in [-0.3, -0.25) is 0 Å². The number of nitrogens with one attached hydrogen (secondary N) is 1. The van der Waals surface area contributed by atoms with Crippen LogP contribution in [0.4, 0.5) is 0 Å². The van der Waals surface area contributed by atoms with Crippen molar-refractivity contribution in [3.63, 3.8) is 0 Å². The Labute approximate surface area is 97.4 Å². The van der Waals surface area contributed by atoms with Gasteiger partial charge in [0.2, 0.25) is 0 Å². The summed E-state index contributed by atoms with van der Waals surface area (Å²) in [4.78, 5) is 0. The first kappa shape index (κ1) is 12.8. The fraction of sp³-hybridized carbons (Fsp3) is 0.538. The smallest absolute Gasteiger partial charge is 0.160 e. The summed E-state index contributed by atoms with van der Waals surface area (Å²) in [6.07, 6.45) is 1.10. The molecule has 0 aromatic heterocycles. The standard InChI is InChI=1S/C13H21NO2/c1-5-9(2)14-10(3)11-6-7-12(15)13(8-11)16-4/h6-10,14-15H,5H2,1-4H3. The van der Waals surface area contributed by atoms with Crippen LogP contribution in [0.3, 0.4) is 0 Å². The lowest BCUT2D eigenvalue weighted by molar-refractivity contribution is 0.371. The molecular formula is C13H21NO2. The zero-order chi connectivity index (χ0) is 12.1. The van der Waals surface area contributed by atoms with Crippen LogP contribution in [-0.4, -0.2) is 18.3 Å². The van der Waals surface area contributed by atoms with E-state index in [1.807, 2.05) is 12.1 Å². The van der Waals surface area contributed by atoms with Gasteiger partial charge in [0.1, 0.15) is 0 Å². The van der Waals surface area contributed by atoms with Crippen LogP contribution in [0.5, 0.6) is 11.5 Å². The quantitative estimate of drug-likeness (QED) is 0.806. The molecular weight excluding hydrogens is 202 g/mol. The molecule has 1 aromatic carbocycles. The topological polar surface area (TPSA) is 41.5 Å². The molecule has 0 aliphatic rings. The van der Waals surface area contributed by atoms with E-state index in [0.717, 1.165) is 12.0 Å². The van der Waals surface area contributed by atoms with E-state index in [-0.39, 0.29) is 11.8 Å². The van der Waals surface area contributed by atoms with Crippen LogP contribution in [0.15, 0.2) is 18.2 Å².